The third-order valence-corrected chi connectivity index (χ3v) is 5.58. The van der Waals surface area contributed by atoms with E-state index in [1.165, 1.54) is 12.1 Å². The zero-order chi connectivity index (χ0) is 20.9. The van der Waals surface area contributed by atoms with E-state index in [4.69, 9.17) is 0 Å². The number of benzene rings is 2. The Labute approximate surface area is 176 Å². The van der Waals surface area contributed by atoms with E-state index < -0.39 is 0 Å². The first-order valence-electron chi connectivity index (χ1n) is 10.2. The van der Waals surface area contributed by atoms with Crippen LogP contribution in [0.15, 0.2) is 66.7 Å². The minimum atomic E-state index is -0.289. The van der Waals surface area contributed by atoms with E-state index in [9.17, 15) is 9.18 Å². The maximum Gasteiger partial charge on any atom is 0.225 e. The molecule has 154 valence electrons. The molecule has 1 saturated heterocycles. The Morgan fingerprint density at radius 2 is 1.80 bits per heavy atom. The Morgan fingerprint density at radius 1 is 1.03 bits per heavy atom. The van der Waals surface area contributed by atoms with Gasteiger partial charge in [0.05, 0.1) is 5.69 Å². The lowest BCUT2D eigenvalue weighted by atomic mass is 9.95. The second-order valence-electron chi connectivity index (χ2n) is 7.73. The van der Waals surface area contributed by atoms with E-state index in [-0.39, 0.29) is 17.6 Å². The molecule has 0 aliphatic carbocycles. The van der Waals surface area contributed by atoms with E-state index in [0.29, 0.717) is 17.8 Å². The number of anilines is 1. The number of aromatic nitrogens is 2. The summed E-state index contributed by atoms with van der Waals surface area (Å²) >= 11 is 0. The number of hydrogen-bond acceptors (Lipinski definition) is 4. The zero-order valence-electron chi connectivity index (χ0n) is 17.0. The molecule has 3 aromatic rings. The van der Waals surface area contributed by atoms with Gasteiger partial charge in [-0.15, -0.1) is 10.2 Å². The maximum absolute atomic E-state index is 13.4. The average Bonchev–Trinajstić information content (AvgIpc) is 2.79. The van der Waals surface area contributed by atoms with Crippen molar-refractivity contribution >= 4 is 11.7 Å². The topological polar surface area (TPSA) is 49.3 Å². The highest BCUT2D eigenvalue weighted by Crippen LogP contribution is 2.25. The van der Waals surface area contributed by atoms with Gasteiger partial charge in [0.15, 0.2) is 5.82 Å². The molecule has 2 aromatic carbocycles. The van der Waals surface area contributed by atoms with Crippen molar-refractivity contribution < 1.29 is 9.18 Å². The van der Waals surface area contributed by atoms with Crippen LogP contribution in [-0.4, -0.2) is 41.1 Å². The first-order valence-corrected chi connectivity index (χ1v) is 10.2. The van der Waals surface area contributed by atoms with Crippen LogP contribution in [-0.2, 0) is 11.3 Å². The summed E-state index contributed by atoms with van der Waals surface area (Å²) in [4.78, 5) is 16.8. The van der Waals surface area contributed by atoms with Gasteiger partial charge in [0, 0.05) is 38.2 Å². The number of nitrogens with zero attached hydrogens (tertiary/aromatic N) is 4. The number of halogens is 1. The minimum Gasteiger partial charge on any atom is -0.355 e. The molecule has 0 unspecified atom stereocenters. The molecule has 6 heteroatoms. The van der Waals surface area contributed by atoms with Crippen molar-refractivity contribution in [2.75, 3.05) is 25.0 Å². The van der Waals surface area contributed by atoms with Crippen LogP contribution in [0.3, 0.4) is 0 Å². The third-order valence-electron chi connectivity index (χ3n) is 5.58. The quantitative estimate of drug-likeness (QED) is 0.641. The van der Waals surface area contributed by atoms with Crippen LogP contribution < -0.4 is 4.90 Å². The van der Waals surface area contributed by atoms with Gasteiger partial charge in [0.1, 0.15) is 5.82 Å². The van der Waals surface area contributed by atoms with Crippen LogP contribution in [0, 0.1) is 11.7 Å². The Morgan fingerprint density at radius 3 is 2.47 bits per heavy atom. The lowest BCUT2D eigenvalue weighted by Gasteiger charge is -2.33. The van der Waals surface area contributed by atoms with Crippen molar-refractivity contribution in [3.05, 3.63) is 78.1 Å². The summed E-state index contributed by atoms with van der Waals surface area (Å²) < 4.78 is 13.4. The summed E-state index contributed by atoms with van der Waals surface area (Å²) in [6.07, 6.45) is 1.59. The second-order valence-corrected chi connectivity index (χ2v) is 7.73. The zero-order valence-corrected chi connectivity index (χ0v) is 17.0. The first kappa shape index (κ1) is 20.0. The number of amides is 1. The van der Waals surface area contributed by atoms with Crippen molar-refractivity contribution in [1.82, 2.24) is 15.1 Å². The smallest absolute Gasteiger partial charge is 0.225 e. The van der Waals surface area contributed by atoms with Crippen molar-refractivity contribution in [3.8, 4) is 11.3 Å². The van der Waals surface area contributed by atoms with E-state index in [1.807, 2.05) is 60.5 Å². The predicted molar refractivity (Wildman–Crippen MR) is 115 cm³/mol. The SMILES string of the molecule is CN(Cc1ccccc1)C(=O)C1CCN(c2ccc(-c3cccc(F)c3)nn2)CC1. The minimum absolute atomic E-state index is 0.0366. The number of rotatable bonds is 5. The molecule has 1 amide bonds. The van der Waals surface area contributed by atoms with Gasteiger partial charge in [0.2, 0.25) is 5.91 Å². The molecular formula is C24H25FN4O. The summed E-state index contributed by atoms with van der Waals surface area (Å²) in [5, 5.41) is 8.59. The van der Waals surface area contributed by atoms with Crippen LogP contribution in [0.25, 0.3) is 11.3 Å². The normalized spacial score (nSPS) is 14.5. The second kappa shape index (κ2) is 9.03. The fourth-order valence-corrected chi connectivity index (χ4v) is 3.90. The first-order chi connectivity index (χ1) is 14.6. The van der Waals surface area contributed by atoms with Gasteiger partial charge in [0.25, 0.3) is 0 Å². The van der Waals surface area contributed by atoms with E-state index in [2.05, 4.69) is 15.1 Å². The van der Waals surface area contributed by atoms with Crippen molar-refractivity contribution in [3.63, 3.8) is 0 Å². The summed E-state index contributed by atoms with van der Waals surface area (Å²) in [7, 11) is 1.87. The highest BCUT2D eigenvalue weighted by molar-refractivity contribution is 5.79. The van der Waals surface area contributed by atoms with E-state index >= 15 is 0 Å². The highest BCUT2D eigenvalue weighted by Gasteiger charge is 2.27. The van der Waals surface area contributed by atoms with E-state index in [0.717, 1.165) is 37.3 Å². The van der Waals surface area contributed by atoms with Gasteiger partial charge >= 0.3 is 0 Å². The van der Waals surface area contributed by atoms with Gasteiger partial charge in [-0.25, -0.2) is 4.39 Å². The molecule has 0 radical (unpaired) electrons. The molecule has 0 saturated carbocycles. The summed E-state index contributed by atoms with van der Waals surface area (Å²) in [6.45, 7) is 2.17. The van der Waals surface area contributed by atoms with Crippen molar-refractivity contribution in [1.29, 1.82) is 0 Å². The molecule has 1 fully saturated rings. The van der Waals surface area contributed by atoms with Crippen molar-refractivity contribution in [2.24, 2.45) is 5.92 Å². The Bertz CT molecular complexity index is 986. The molecule has 30 heavy (non-hydrogen) atoms. The fraction of sp³-hybridized carbons (Fsp3) is 0.292. The number of piperidine rings is 1. The predicted octanol–water partition coefficient (Wildman–Crippen LogP) is 4.16. The molecule has 0 spiro atoms. The molecule has 1 aliphatic rings. The number of hydrogen-bond donors (Lipinski definition) is 0. The average molecular weight is 404 g/mol. The lowest BCUT2D eigenvalue weighted by molar-refractivity contribution is -0.135. The van der Waals surface area contributed by atoms with Gasteiger partial charge in [-0.05, 0) is 42.7 Å². The maximum atomic E-state index is 13.4. The van der Waals surface area contributed by atoms with Crippen LogP contribution in [0.5, 0.6) is 0 Å². The van der Waals surface area contributed by atoms with Gasteiger partial charge < -0.3 is 9.80 Å². The molecule has 5 nitrogen and oxygen atoms in total. The summed E-state index contributed by atoms with van der Waals surface area (Å²) in [6, 6.07) is 20.2. The molecule has 1 aromatic heterocycles. The van der Waals surface area contributed by atoms with Gasteiger partial charge in [-0.2, -0.15) is 0 Å². The largest absolute Gasteiger partial charge is 0.355 e. The molecule has 0 bridgehead atoms. The number of carbonyl (C=O) groups is 1. The highest BCUT2D eigenvalue weighted by atomic mass is 19.1. The van der Waals surface area contributed by atoms with Crippen LogP contribution >= 0.6 is 0 Å². The molecule has 0 N–H and O–H groups in total. The monoisotopic (exact) mass is 404 g/mol. The van der Waals surface area contributed by atoms with Crippen LogP contribution in [0.1, 0.15) is 18.4 Å². The van der Waals surface area contributed by atoms with Gasteiger partial charge in [-0.3, -0.25) is 4.79 Å². The molecule has 4 rings (SSSR count). The summed E-state index contributed by atoms with van der Waals surface area (Å²) in [5.74, 6) is 0.738. The Balaban J connectivity index is 1.33. The standard InChI is InChI=1S/C24H25FN4O/c1-28(17-18-6-3-2-4-7-18)24(30)19-12-14-29(15-13-19)23-11-10-22(26-27-23)20-8-5-9-21(25)16-20/h2-11,16,19H,12-15,17H2,1H3. The number of carbonyl (C=O) groups excluding carboxylic acids is 1. The van der Waals surface area contributed by atoms with Crippen LogP contribution in [0.4, 0.5) is 10.2 Å². The molecule has 1 aliphatic heterocycles. The Kier molecular flexibility index (Phi) is 6.02. The molecule has 2 heterocycles. The molecule has 0 atom stereocenters. The van der Waals surface area contributed by atoms with Crippen LogP contribution in [0.2, 0.25) is 0 Å². The third kappa shape index (κ3) is 4.64. The lowest BCUT2D eigenvalue weighted by Crippen LogP contribution is -2.41. The fourth-order valence-electron chi connectivity index (χ4n) is 3.90. The molecular weight excluding hydrogens is 379 g/mol. The Hall–Kier alpha value is -3.28. The van der Waals surface area contributed by atoms with Crippen molar-refractivity contribution in [2.45, 2.75) is 19.4 Å². The van der Waals surface area contributed by atoms with E-state index in [1.54, 1.807) is 6.07 Å². The summed E-state index contributed by atoms with van der Waals surface area (Å²) in [5.41, 5.74) is 2.49. The van der Waals surface area contributed by atoms with Gasteiger partial charge in [-0.1, -0.05) is 42.5 Å².